The molecule has 0 bridgehead atoms. The minimum Gasteiger partial charge on any atom is -0.497 e. The second kappa shape index (κ2) is 16.4. The number of hydrogen-bond donors (Lipinski definition) is 2. The average Bonchev–Trinajstić information content (AvgIpc) is 3.72. The summed E-state index contributed by atoms with van der Waals surface area (Å²) in [6, 6.07) is 18.6. The van der Waals surface area contributed by atoms with Crippen molar-refractivity contribution in [3.8, 4) is 45.3 Å². The van der Waals surface area contributed by atoms with Gasteiger partial charge in [-0.05, 0) is 71.3 Å². The van der Waals surface area contributed by atoms with Gasteiger partial charge in [-0.1, -0.05) is 41.1 Å². The van der Waals surface area contributed by atoms with E-state index in [0.717, 1.165) is 39.9 Å². The molecule has 290 valence electrons. The first-order valence-corrected chi connectivity index (χ1v) is 18.8. The summed E-state index contributed by atoms with van der Waals surface area (Å²) in [5.74, 6) is -0.725. The molecule has 0 aliphatic heterocycles. The molecule has 0 atom stereocenters. The number of rotatable bonds is 13. The maximum Gasteiger partial charge on any atom is 0.416 e. The second-order valence-electron chi connectivity index (χ2n) is 11.7. The maximum absolute atomic E-state index is 16.1. The third-order valence-corrected chi connectivity index (χ3v) is 11.1. The number of carboxylic acid groups (broad SMARTS) is 1. The molecular weight excluding hydrogens is 802 g/mol. The molecule has 0 radical (unpaired) electrons. The Balaban J connectivity index is 1.40. The SMILES string of the molecule is COc1ccc(CN(c2nncs2)S(=O)(=O)c2cc(Cl)c(Oc3ccc(-c4cccc(C(F)(F)F)c4)cc3-c3ccnc(CNC(=O)O)c3)cc2F)c(OC)c1. The van der Waals surface area contributed by atoms with Crippen molar-refractivity contribution in [1.29, 1.82) is 0 Å². The number of carbonyl (C=O) groups is 1. The molecule has 19 heteroatoms. The number of nitrogens with zero attached hydrogens (tertiary/aromatic N) is 4. The van der Waals surface area contributed by atoms with Gasteiger partial charge < -0.3 is 24.6 Å². The van der Waals surface area contributed by atoms with E-state index >= 15 is 4.39 Å². The highest BCUT2D eigenvalue weighted by molar-refractivity contribution is 7.93. The smallest absolute Gasteiger partial charge is 0.416 e. The summed E-state index contributed by atoms with van der Waals surface area (Å²) in [4.78, 5) is 14.5. The second-order valence-corrected chi connectivity index (χ2v) is 14.8. The molecule has 0 aliphatic rings. The zero-order chi connectivity index (χ0) is 40.2. The number of anilines is 1. The van der Waals surface area contributed by atoms with Gasteiger partial charge in [-0.15, -0.1) is 10.2 Å². The van der Waals surface area contributed by atoms with Gasteiger partial charge in [0, 0.05) is 29.5 Å². The van der Waals surface area contributed by atoms with E-state index in [-0.39, 0.29) is 45.9 Å². The zero-order valence-electron chi connectivity index (χ0n) is 29.0. The van der Waals surface area contributed by atoms with E-state index in [1.807, 2.05) is 0 Å². The number of nitrogens with one attached hydrogen (secondary N) is 1. The Labute approximate surface area is 326 Å². The number of halogens is 5. The third-order valence-electron chi connectivity index (χ3n) is 8.20. The van der Waals surface area contributed by atoms with Crippen LogP contribution >= 0.6 is 22.9 Å². The minimum atomic E-state index is -4.72. The lowest BCUT2D eigenvalue weighted by atomic mass is 9.97. The van der Waals surface area contributed by atoms with Crippen molar-refractivity contribution in [2.45, 2.75) is 24.2 Å². The fourth-order valence-corrected chi connectivity index (χ4v) is 8.02. The standard InChI is InChI=1S/C37H28ClF4N5O7S2/c1-52-27-8-6-24(32(15-27)53-2)19-47(35-46-45-20-55-35)56(50,51)34-16-29(38)33(17-30(34)39)54-31-9-7-22(21-4-3-5-25(12-21)37(40,41)42)14-28(31)23-10-11-43-26(13-23)18-44-36(48)49/h3-17,20,44H,18-19H2,1-2H3,(H,48,49). The lowest BCUT2D eigenvalue weighted by molar-refractivity contribution is -0.137. The van der Waals surface area contributed by atoms with Crippen LogP contribution in [-0.4, -0.2) is 49.0 Å². The molecule has 0 unspecified atom stereocenters. The average molecular weight is 830 g/mol. The molecule has 6 aromatic rings. The van der Waals surface area contributed by atoms with Crippen LogP contribution in [0.4, 0.5) is 27.5 Å². The molecule has 0 saturated carbocycles. The van der Waals surface area contributed by atoms with Crippen molar-refractivity contribution < 1.29 is 50.1 Å². The lowest BCUT2D eigenvalue weighted by Crippen LogP contribution is -2.31. The van der Waals surface area contributed by atoms with Gasteiger partial charge >= 0.3 is 12.3 Å². The summed E-state index contributed by atoms with van der Waals surface area (Å²) >= 11 is 7.50. The van der Waals surface area contributed by atoms with Crippen LogP contribution in [-0.2, 0) is 29.3 Å². The number of amides is 1. The van der Waals surface area contributed by atoms with Gasteiger partial charge in [0.25, 0.3) is 10.0 Å². The quantitative estimate of drug-likeness (QED) is 0.108. The molecule has 4 aromatic carbocycles. The van der Waals surface area contributed by atoms with Crippen LogP contribution < -0.4 is 23.8 Å². The zero-order valence-corrected chi connectivity index (χ0v) is 31.4. The number of methoxy groups -OCH3 is 2. The van der Waals surface area contributed by atoms with Crippen molar-refractivity contribution in [2.24, 2.45) is 0 Å². The Morgan fingerprint density at radius 1 is 0.929 bits per heavy atom. The minimum absolute atomic E-state index is 0.0445. The van der Waals surface area contributed by atoms with E-state index < -0.39 is 38.6 Å². The fraction of sp³-hybridized carbons (Fsp3) is 0.135. The van der Waals surface area contributed by atoms with Gasteiger partial charge in [0.15, 0.2) is 0 Å². The number of ether oxygens (including phenoxy) is 3. The first-order chi connectivity index (χ1) is 26.7. The number of alkyl halides is 3. The maximum atomic E-state index is 16.1. The van der Waals surface area contributed by atoms with Crippen LogP contribution in [0.25, 0.3) is 22.3 Å². The van der Waals surface area contributed by atoms with Crippen LogP contribution in [0.3, 0.4) is 0 Å². The van der Waals surface area contributed by atoms with Crippen LogP contribution in [0.5, 0.6) is 23.0 Å². The number of sulfonamides is 1. The van der Waals surface area contributed by atoms with Gasteiger partial charge in [-0.3, -0.25) is 4.98 Å². The van der Waals surface area contributed by atoms with Gasteiger partial charge in [0.05, 0.1) is 43.6 Å². The van der Waals surface area contributed by atoms with E-state index in [4.69, 9.17) is 30.9 Å². The Hall–Kier alpha value is -5.98. The fourth-order valence-electron chi connectivity index (χ4n) is 5.50. The monoisotopic (exact) mass is 829 g/mol. The van der Waals surface area contributed by atoms with Crippen molar-refractivity contribution in [3.63, 3.8) is 0 Å². The first-order valence-electron chi connectivity index (χ1n) is 16.1. The summed E-state index contributed by atoms with van der Waals surface area (Å²) < 4.78 is 103. The Bertz CT molecular complexity index is 2510. The number of aromatic nitrogens is 3. The van der Waals surface area contributed by atoms with E-state index in [1.165, 1.54) is 62.3 Å². The van der Waals surface area contributed by atoms with E-state index in [9.17, 15) is 26.4 Å². The van der Waals surface area contributed by atoms with Crippen LogP contribution in [0.1, 0.15) is 16.8 Å². The highest BCUT2D eigenvalue weighted by atomic mass is 35.5. The largest absolute Gasteiger partial charge is 0.497 e. The molecule has 0 saturated heterocycles. The molecule has 0 aliphatic carbocycles. The van der Waals surface area contributed by atoms with Crippen LogP contribution in [0.15, 0.2) is 102 Å². The highest BCUT2D eigenvalue weighted by Crippen LogP contribution is 2.42. The Kier molecular flexibility index (Phi) is 11.6. The predicted molar refractivity (Wildman–Crippen MR) is 199 cm³/mol. The summed E-state index contributed by atoms with van der Waals surface area (Å²) in [6.45, 7) is -0.503. The van der Waals surface area contributed by atoms with Crippen molar-refractivity contribution >= 4 is 44.2 Å². The molecule has 12 nitrogen and oxygen atoms in total. The number of benzene rings is 4. The topological polar surface area (TPSA) is 153 Å². The predicted octanol–water partition coefficient (Wildman–Crippen LogP) is 9.05. The van der Waals surface area contributed by atoms with Gasteiger partial charge in [0.2, 0.25) is 5.13 Å². The highest BCUT2D eigenvalue weighted by Gasteiger charge is 2.33. The number of pyridine rings is 1. The molecule has 2 aromatic heterocycles. The molecule has 0 fully saturated rings. The molecule has 2 heterocycles. The van der Waals surface area contributed by atoms with Gasteiger partial charge in [-0.25, -0.2) is 21.9 Å². The lowest BCUT2D eigenvalue weighted by Gasteiger charge is -2.23. The first kappa shape index (κ1) is 39.7. The Morgan fingerprint density at radius 3 is 2.41 bits per heavy atom. The molecule has 0 spiro atoms. The third kappa shape index (κ3) is 8.77. The van der Waals surface area contributed by atoms with Gasteiger partial charge in [-0.2, -0.15) is 13.2 Å². The Morgan fingerprint density at radius 2 is 1.71 bits per heavy atom. The van der Waals surface area contributed by atoms with Crippen LogP contribution in [0.2, 0.25) is 5.02 Å². The normalized spacial score (nSPS) is 11.6. The van der Waals surface area contributed by atoms with Crippen molar-refractivity contribution in [3.05, 3.63) is 124 Å². The molecule has 56 heavy (non-hydrogen) atoms. The molecule has 1 amide bonds. The summed E-state index contributed by atoms with van der Waals surface area (Å²) in [6.07, 6.45) is -4.50. The van der Waals surface area contributed by atoms with E-state index in [0.29, 0.717) is 33.9 Å². The summed E-state index contributed by atoms with van der Waals surface area (Å²) in [5.41, 5.74) is 2.40. The van der Waals surface area contributed by atoms with Crippen molar-refractivity contribution in [2.75, 3.05) is 18.5 Å². The van der Waals surface area contributed by atoms with Crippen LogP contribution in [0, 0.1) is 5.82 Å². The molecule has 6 rings (SSSR count). The van der Waals surface area contributed by atoms with Crippen molar-refractivity contribution in [1.82, 2.24) is 20.5 Å². The molecular formula is C37H28ClF4N5O7S2. The van der Waals surface area contributed by atoms with Gasteiger partial charge in [0.1, 0.15) is 39.2 Å². The van der Waals surface area contributed by atoms with E-state index in [1.54, 1.807) is 24.3 Å². The number of hydrogen-bond acceptors (Lipinski definition) is 10. The molecule has 2 N–H and O–H groups in total. The summed E-state index contributed by atoms with van der Waals surface area (Å²) in [7, 11) is -1.86. The summed E-state index contributed by atoms with van der Waals surface area (Å²) in [5, 5.41) is 18.6. The van der Waals surface area contributed by atoms with E-state index in [2.05, 4.69) is 20.5 Å².